The molecule has 1 radical (unpaired) electrons. The summed E-state index contributed by atoms with van der Waals surface area (Å²) >= 11 is 0. The van der Waals surface area contributed by atoms with Crippen LogP contribution in [-0.2, 0) is 4.79 Å². The minimum atomic E-state index is -4.98. The lowest BCUT2D eigenvalue weighted by Gasteiger charge is -2.21. The summed E-state index contributed by atoms with van der Waals surface area (Å²) in [5.74, 6) is -1.77. The van der Waals surface area contributed by atoms with Crippen LogP contribution < -0.4 is 4.90 Å². The minimum absolute atomic E-state index is 0.0133. The topological polar surface area (TPSA) is 20.3 Å². The summed E-state index contributed by atoms with van der Waals surface area (Å²) < 4.78 is 39.5. The van der Waals surface area contributed by atoms with Crippen molar-refractivity contribution in [3.8, 4) is 0 Å². The molecule has 0 fully saturated rings. The highest BCUT2D eigenvalue weighted by Crippen LogP contribution is 2.29. The van der Waals surface area contributed by atoms with Crippen molar-refractivity contribution in [3.05, 3.63) is 96.6 Å². The monoisotopic (exact) mass is 386 g/mol. The predicted molar refractivity (Wildman–Crippen MR) is 108 cm³/mol. The molecule has 0 spiro atoms. The summed E-state index contributed by atoms with van der Waals surface area (Å²) in [6.07, 6.45) is 7.16. The average molecular weight is 386 g/mol. The number of hydrogen-bond acceptors (Lipinski definition) is 2. The van der Waals surface area contributed by atoms with E-state index in [2.05, 4.69) is 6.58 Å². The number of Topliss-reactive ketones (excluding diaryl/α,β-unsaturated/α-hetero) is 1. The summed E-state index contributed by atoms with van der Waals surface area (Å²) in [5.41, 5.74) is 1.16. The predicted octanol–water partition coefficient (Wildman–Crippen LogP) is 5.98. The first kappa shape index (κ1) is 21.5. The number of rotatable bonds is 8. The van der Waals surface area contributed by atoms with Gasteiger partial charge in [-0.2, -0.15) is 13.2 Å². The van der Waals surface area contributed by atoms with Gasteiger partial charge in [0.05, 0.1) is 5.57 Å². The Hall–Kier alpha value is -2.82. The van der Waals surface area contributed by atoms with Gasteiger partial charge in [0.15, 0.2) is 0 Å². The molecule has 147 valence electrons. The Morgan fingerprint density at radius 1 is 1.21 bits per heavy atom. The van der Waals surface area contributed by atoms with Crippen LogP contribution in [0.5, 0.6) is 0 Å². The maximum absolute atomic E-state index is 13.2. The summed E-state index contributed by atoms with van der Waals surface area (Å²) in [6.45, 7) is 7.78. The normalized spacial score (nSPS) is 17.5. The van der Waals surface area contributed by atoms with Crippen LogP contribution in [0.3, 0.4) is 0 Å². The van der Waals surface area contributed by atoms with Gasteiger partial charge in [-0.1, -0.05) is 55.2 Å². The number of nitrogens with zero attached hydrogens (tertiary/aromatic N) is 1. The lowest BCUT2D eigenvalue weighted by Crippen LogP contribution is -2.27. The highest BCUT2D eigenvalue weighted by atomic mass is 19.4. The Morgan fingerprint density at radius 2 is 1.86 bits per heavy atom. The molecule has 1 aliphatic rings. The van der Waals surface area contributed by atoms with E-state index in [1.807, 2.05) is 37.6 Å². The van der Waals surface area contributed by atoms with Gasteiger partial charge in [0.2, 0.25) is 0 Å². The zero-order valence-electron chi connectivity index (χ0n) is 15.9. The van der Waals surface area contributed by atoms with Crippen LogP contribution in [0.4, 0.5) is 18.9 Å². The number of anilines is 1. The van der Waals surface area contributed by atoms with Gasteiger partial charge < -0.3 is 4.90 Å². The Labute approximate surface area is 164 Å². The van der Waals surface area contributed by atoms with Crippen LogP contribution in [-0.4, -0.2) is 18.5 Å². The molecule has 0 aromatic heterocycles. The molecule has 1 aliphatic carbocycles. The van der Waals surface area contributed by atoms with E-state index < -0.39 is 17.5 Å². The van der Waals surface area contributed by atoms with Crippen LogP contribution >= 0.6 is 0 Å². The molecule has 0 bridgehead atoms. The number of hydrogen-bond donors (Lipinski definition) is 0. The fourth-order valence-corrected chi connectivity index (χ4v) is 2.69. The van der Waals surface area contributed by atoms with Crippen molar-refractivity contribution >= 4 is 11.5 Å². The molecule has 0 saturated heterocycles. The van der Waals surface area contributed by atoms with E-state index in [4.69, 9.17) is 0 Å². The SMILES string of the molecule is C=C(/C=C\C(=CC)C1[CH]C=C1)/C(=C/N(CC)c1ccccc1)C(=O)C(F)(F)F. The van der Waals surface area contributed by atoms with E-state index >= 15 is 0 Å². The number of halogens is 3. The zero-order chi connectivity index (χ0) is 20.7. The van der Waals surface area contributed by atoms with E-state index in [-0.39, 0.29) is 11.5 Å². The van der Waals surface area contributed by atoms with E-state index in [0.717, 1.165) is 5.57 Å². The largest absolute Gasteiger partial charge is 0.454 e. The summed E-state index contributed by atoms with van der Waals surface area (Å²) in [7, 11) is 0. The first-order chi connectivity index (χ1) is 13.3. The second-order valence-electron chi connectivity index (χ2n) is 6.24. The Balaban J connectivity index is 2.37. The highest BCUT2D eigenvalue weighted by Gasteiger charge is 2.41. The summed E-state index contributed by atoms with van der Waals surface area (Å²) in [6, 6.07) is 8.92. The molecule has 0 N–H and O–H groups in total. The molecule has 0 aliphatic heterocycles. The Morgan fingerprint density at radius 3 is 2.32 bits per heavy atom. The molecule has 1 atom stereocenters. The van der Waals surface area contributed by atoms with Crippen LogP contribution in [0.2, 0.25) is 0 Å². The Bertz CT molecular complexity index is 829. The zero-order valence-corrected chi connectivity index (χ0v) is 15.9. The molecule has 2 rings (SSSR count). The maximum Gasteiger partial charge on any atom is 0.454 e. The van der Waals surface area contributed by atoms with Gasteiger partial charge in [-0.3, -0.25) is 4.79 Å². The van der Waals surface area contributed by atoms with Gasteiger partial charge in [0.25, 0.3) is 5.78 Å². The molecule has 0 heterocycles. The number of para-hydroxylation sites is 1. The van der Waals surface area contributed by atoms with Crippen molar-refractivity contribution in [3.63, 3.8) is 0 Å². The molecule has 5 heteroatoms. The van der Waals surface area contributed by atoms with Gasteiger partial charge in [-0.15, -0.1) is 0 Å². The second kappa shape index (κ2) is 9.40. The molecule has 28 heavy (non-hydrogen) atoms. The van der Waals surface area contributed by atoms with Crippen LogP contribution in [0.25, 0.3) is 0 Å². The van der Waals surface area contributed by atoms with Gasteiger partial charge >= 0.3 is 6.18 Å². The van der Waals surface area contributed by atoms with E-state index in [1.165, 1.54) is 12.3 Å². The highest BCUT2D eigenvalue weighted by molar-refractivity contribution is 6.04. The lowest BCUT2D eigenvalue weighted by molar-refractivity contribution is -0.166. The van der Waals surface area contributed by atoms with Crippen molar-refractivity contribution in [2.45, 2.75) is 20.0 Å². The Kier molecular flexibility index (Phi) is 7.21. The number of ketones is 1. The minimum Gasteiger partial charge on any atom is -0.348 e. The number of benzene rings is 1. The summed E-state index contributed by atoms with van der Waals surface area (Å²) in [4.78, 5) is 13.7. The van der Waals surface area contributed by atoms with Gasteiger partial charge in [-0.25, -0.2) is 0 Å². The quantitative estimate of drug-likeness (QED) is 0.405. The fraction of sp³-hybridized carbons (Fsp3) is 0.217. The summed E-state index contributed by atoms with van der Waals surface area (Å²) in [5, 5.41) is 0. The second-order valence-corrected chi connectivity index (χ2v) is 6.24. The number of alkyl halides is 3. The molecule has 1 aromatic rings. The third-order valence-corrected chi connectivity index (χ3v) is 4.39. The maximum atomic E-state index is 13.2. The standard InChI is InChI=1S/C23H23F3NO/c1-4-18(19-10-9-11-19)15-14-17(3)21(22(28)23(24,25)26)16-27(5-2)20-12-7-6-8-13-20/h4,6-16,19H,3,5H2,1-2H3/b15-14-,18-4?,21-16-. The van der Waals surface area contributed by atoms with Gasteiger partial charge in [0, 0.05) is 24.4 Å². The first-order valence-electron chi connectivity index (χ1n) is 8.98. The third kappa shape index (κ3) is 5.35. The molecule has 1 aromatic carbocycles. The smallest absolute Gasteiger partial charge is 0.348 e. The number of allylic oxidation sites excluding steroid dienone is 8. The van der Waals surface area contributed by atoms with E-state index in [0.29, 0.717) is 12.2 Å². The van der Waals surface area contributed by atoms with Gasteiger partial charge in [-0.05, 0) is 43.5 Å². The molecule has 2 nitrogen and oxygen atoms in total. The number of carbonyl (C=O) groups excluding carboxylic acids is 1. The molecular weight excluding hydrogens is 363 g/mol. The van der Waals surface area contributed by atoms with Crippen molar-refractivity contribution < 1.29 is 18.0 Å². The van der Waals surface area contributed by atoms with Crippen molar-refractivity contribution in [1.82, 2.24) is 0 Å². The number of carbonyl (C=O) groups is 1. The lowest BCUT2D eigenvalue weighted by atomic mass is 9.86. The van der Waals surface area contributed by atoms with Crippen molar-refractivity contribution in [2.24, 2.45) is 5.92 Å². The molecule has 1 unspecified atom stereocenters. The van der Waals surface area contributed by atoms with Crippen LogP contribution in [0, 0.1) is 12.3 Å². The van der Waals surface area contributed by atoms with E-state index in [1.54, 1.807) is 42.2 Å². The van der Waals surface area contributed by atoms with Gasteiger partial charge in [0.1, 0.15) is 0 Å². The molecule has 0 amide bonds. The molecule has 0 saturated carbocycles. The first-order valence-corrected chi connectivity index (χ1v) is 8.98. The van der Waals surface area contributed by atoms with Crippen molar-refractivity contribution in [1.29, 1.82) is 0 Å². The average Bonchev–Trinajstić information content (AvgIpc) is 2.63. The molecular formula is C23H23F3NO. The van der Waals surface area contributed by atoms with Crippen LogP contribution in [0.1, 0.15) is 13.8 Å². The van der Waals surface area contributed by atoms with Crippen LogP contribution in [0.15, 0.2) is 90.2 Å². The fourth-order valence-electron chi connectivity index (χ4n) is 2.69. The van der Waals surface area contributed by atoms with E-state index in [9.17, 15) is 18.0 Å². The third-order valence-electron chi connectivity index (χ3n) is 4.39. The van der Waals surface area contributed by atoms with Crippen molar-refractivity contribution in [2.75, 3.05) is 11.4 Å².